The van der Waals surface area contributed by atoms with Gasteiger partial charge in [-0.2, -0.15) is 0 Å². The van der Waals surface area contributed by atoms with Crippen LogP contribution in [0.15, 0.2) is 18.2 Å². The number of nitrogens with zero attached hydrogens (tertiary/aromatic N) is 2. The van der Waals surface area contributed by atoms with E-state index in [1.54, 1.807) is 18.0 Å². The molecule has 0 saturated carbocycles. The van der Waals surface area contributed by atoms with Crippen LogP contribution in [-0.2, 0) is 4.79 Å². The minimum Gasteiger partial charge on any atom is -0.387 e. The first-order valence-electron chi connectivity index (χ1n) is 6.56. The highest BCUT2D eigenvalue weighted by Crippen LogP contribution is 2.21. The monoisotopic (exact) mass is 300 g/mol. The standard InChI is InChI=1S/C14H18ClFN2O2/c1-17-5-2-6-18(9-14(17)20)8-13(19)10-3-4-11(15)12(16)7-10/h3-4,7,13,19H,2,5-6,8-9H2,1H3/t13-/m0/s1. The van der Waals surface area contributed by atoms with Crippen molar-refractivity contribution in [3.05, 3.63) is 34.6 Å². The van der Waals surface area contributed by atoms with Gasteiger partial charge in [0, 0.05) is 26.7 Å². The van der Waals surface area contributed by atoms with Crippen LogP contribution in [0.1, 0.15) is 18.1 Å². The molecule has 1 N–H and O–H groups in total. The Morgan fingerprint density at radius 3 is 2.90 bits per heavy atom. The predicted octanol–water partition coefficient (Wildman–Crippen LogP) is 1.68. The van der Waals surface area contributed by atoms with Crippen molar-refractivity contribution >= 4 is 17.5 Å². The van der Waals surface area contributed by atoms with E-state index in [0.717, 1.165) is 19.5 Å². The van der Waals surface area contributed by atoms with Crippen LogP contribution in [0.4, 0.5) is 4.39 Å². The van der Waals surface area contributed by atoms with Crippen molar-refractivity contribution < 1.29 is 14.3 Å². The number of β-amino-alcohol motifs (C(OH)–C–C–N with tert-alkyl or cyclic N) is 1. The van der Waals surface area contributed by atoms with E-state index in [-0.39, 0.29) is 17.5 Å². The second kappa shape index (κ2) is 6.52. The Hall–Kier alpha value is -1.17. The molecule has 0 aliphatic carbocycles. The van der Waals surface area contributed by atoms with Gasteiger partial charge in [0.1, 0.15) is 5.82 Å². The van der Waals surface area contributed by atoms with E-state index in [2.05, 4.69) is 0 Å². The Bertz CT molecular complexity index is 498. The minimum absolute atomic E-state index is 0.0347. The minimum atomic E-state index is -0.835. The first-order valence-corrected chi connectivity index (χ1v) is 6.94. The smallest absolute Gasteiger partial charge is 0.236 e. The number of carbonyl (C=O) groups excluding carboxylic acids is 1. The highest BCUT2D eigenvalue weighted by Gasteiger charge is 2.21. The lowest BCUT2D eigenvalue weighted by Gasteiger charge is -2.22. The van der Waals surface area contributed by atoms with Crippen molar-refractivity contribution in [3.8, 4) is 0 Å². The molecule has 0 aromatic heterocycles. The van der Waals surface area contributed by atoms with Gasteiger partial charge in [-0.3, -0.25) is 9.69 Å². The van der Waals surface area contributed by atoms with Gasteiger partial charge >= 0.3 is 0 Å². The summed E-state index contributed by atoms with van der Waals surface area (Å²) in [5.41, 5.74) is 0.469. The van der Waals surface area contributed by atoms with Gasteiger partial charge in [-0.25, -0.2) is 4.39 Å². The third-order valence-corrected chi connectivity index (χ3v) is 3.82. The Kier molecular flexibility index (Phi) is 4.96. The van der Waals surface area contributed by atoms with Gasteiger partial charge in [0.25, 0.3) is 0 Å². The molecule has 1 fully saturated rings. The quantitative estimate of drug-likeness (QED) is 0.923. The van der Waals surface area contributed by atoms with Crippen molar-refractivity contribution in [2.45, 2.75) is 12.5 Å². The number of carbonyl (C=O) groups is 1. The number of amides is 1. The molecule has 1 aromatic carbocycles. The maximum atomic E-state index is 13.4. The van der Waals surface area contributed by atoms with E-state index in [1.807, 2.05) is 4.90 Å². The molecule has 6 heteroatoms. The molecule has 1 heterocycles. The number of aliphatic hydroxyl groups is 1. The van der Waals surface area contributed by atoms with Gasteiger partial charge in [-0.1, -0.05) is 17.7 Å². The second-order valence-corrected chi connectivity index (χ2v) is 5.50. The summed E-state index contributed by atoms with van der Waals surface area (Å²) in [4.78, 5) is 15.3. The second-order valence-electron chi connectivity index (χ2n) is 5.09. The zero-order valence-corrected chi connectivity index (χ0v) is 12.1. The first kappa shape index (κ1) is 15.2. The van der Waals surface area contributed by atoms with Gasteiger partial charge in [-0.05, 0) is 24.1 Å². The molecule has 20 heavy (non-hydrogen) atoms. The number of hydrogen-bond acceptors (Lipinski definition) is 3. The van der Waals surface area contributed by atoms with Crippen molar-refractivity contribution in [1.82, 2.24) is 9.80 Å². The van der Waals surface area contributed by atoms with Crippen LogP contribution in [0.5, 0.6) is 0 Å². The highest BCUT2D eigenvalue weighted by atomic mass is 35.5. The third-order valence-electron chi connectivity index (χ3n) is 3.51. The SMILES string of the molecule is CN1CCCN(C[C@H](O)c2ccc(Cl)c(F)c2)CC1=O. The Morgan fingerprint density at radius 1 is 1.45 bits per heavy atom. The maximum Gasteiger partial charge on any atom is 0.236 e. The lowest BCUT2D eigenvalue weighted by atomic mass is 10.1. The topological polar surface area (TPSA) is 43.8 Å². The molecule has 110 valence electrons. The van der Waals surface area contributed by atoms with Crippen LogP contribution in [0.2, 0.25) is 5.02 Å². The van der Waals surface area contributed by atoms with E-state index in [4.69, 9.17) is 11.6 Å². The van der Waals surface area contributed by atoms with Crippen molar-refractivity contribution in [2.75, 3.05) is 33.2 Å². The summed E-state index contributed by atoms with van der Waals surface area (Å²) in [6.45, 7) is 2.05. The van der Waals surface area contributed by atoms with Crippen LogP contribution >= 0.6 is 11.6 Å². The highest BCUT2D eigenvalue weighted by molar-refractivity contribution is 6.30. The third kappa shape index (κ3) is 3.69. The van der Waals surface area contributed by atoms with Gasteiger partial charge in [0.15, 0.2) is 0 Å². The molecule has 1 aromatic rings. The first-order chi connectivity index (χ1) is 9.47. The van der Waals surface area contributed by atoms with Crippen LogP contribution in [0, 0.1) is 5.82 Å². The summed E-state index contributed by atoms with van der Waals surface area (Å²) in [5, 5.41) is 10.2. The number of hydrogen-bond donors (Lipinski definition) is 1. The van der Waals surface area contributed by atoms with E-state index in [1.165, 1.54) is 12.1 Å². The van der Waals surface area contributed by atoms with Gasteiger partial charge < -0.3 is 10.0 Å². The number of rotatable bonds is 3. The number of benzene rings is 1. The molecule has 0 spiro atoms. The number of likely N-dealkylation sites (N-methyl/N-ethyl adjacent to an activating group) is 1. The molecule has 1 aliphatic heterocycles. The summed E-state index contributed by atoms with van der Waals surface area (Å²) < 4.78 is 13.4. The fraction of sp³-hybridized carbons (Fsp3) is 0.500. The number of halogens is 2. The molecular formula is C14H18ClFN2O2. The summed E-state index contributed by atoms with van der Waals surface area (Å²) in [6, 6.07) is 4.26. The summed E-state index contributed by atoms with van der Waals surface area (Å²) in [6.07, 6.45) is 0.0298. The Balaban J connectivity index is 2.01. The zero-order chi connectivity index (χ0) is 14.7. The normalized spacial score (nSPS) is 19.0. The Labute approximate surface area is 122 Å². The number of aliphatic hydroxyl groups excluding tert-OH is 1. The fourth-order valence-corrected chi connectivity index (χ4v) is 2.39. The lowest BCUT2D eigenvalue weighted by Crippen LogP contribution is -2.36. The van der Waals surface area contributed by atoms with E-state index >= 15 is 0 Å². The molecule has 2 rings (SSSR count). The molecule has 0 radical (unpaired) electrons. The van der Waals surface area contributed by atoms with E-state index < -0.39 is 11.9 Å². The van der Waals surface area contributed by atoms with Crippen LogP contribution in [-0.4, -0.2) is 54.0 Å². The molecule has 1 atom stereocenters. The van der Waals surface area contributed by atoms with Crippen LogP contribution in [0.25, 0.3) is 0 Å². The van der Waals surface area contributed by atoms with Crippen molar-refractivity contribution in [2.24, 2.45) is 0 Å². The van der Waals surface area contributed by atoms with Gasteiger partial charge in [-0.15, -0.1) is 0 Å². The largest absolute Gasteiger partial charge is 0.387 e. The van der Waals surface area contributed by atoms with Gasteiger partial charge in [0.05, 0.1) is 17.7 Å². The zero-order valence-electron chi connectivity index (χ0n) is 11.4. The molecule has 1 saturated heterocycles. The van der Waals surface area contributed by atoms with Crippen LogP contribution < -0.4 is 0 Å². The van der Waals surface area contributed by atoms with E-state index in [0.29, 0.717) is 12.1 Å². The maximum absolute atomic E-state index is 13.4. The lowest BCUT2D eigenvalue weighted by molar-refractivity contribution is -0.130. The molecule has 0 unspecified atom stereocenters. The van der Waals surface area contributed by atoms with E-state index in [9.17, 15) is 14.3 Å². The Morgan fingerprint density at radius 2 is 2.20 bits per heavy atom. The summed E-state index contributed by atoms with van der Waals surface area (Å²) in [5.74, 6) is -0.508. The predicted molar refractivity (Wildman–Crippen MR) is 75.1 cm³/mol. The summed E-state index contributed by atoms with van der Waals surface area (Å²) in [7, 11) is 1.77. The molecule has 4 nitrogen and oxygen atoms in total. The molecule has 0 bridgehead atoms. The summed E-state index contributed by atoms with van der Waals surface area (Å²) >= 11 is 5.62. The average molecular weight is 301 g/mol. The van der Waals surface area contributed by atoms with Crippen molar-refractivity contribution in [3.63, 3.8) is 0 Å². The van der Waals surface area contributed by atoms with Crippen molar-refractivity contribution in [1.29, 1.82) is 0 Å². The fourth-order valence-electron chi connectivity index (χ4n) is 2.27. The van der Waals surface area contributed by atoms with Crippen LogP contribution in [0.3, 0.4) is 0 Å². The molecular weight excluding hydrogens is 283 g/mol. The average Bonchev–Trinajstić information content (AvgIpc) is 2.55. The molecule has 1 aliphatic rings. The molecule has 1 amide bonds. The van der Waals surface area contributed by atoms with Gasteiger partial charge in [0.2, 0.25) is 5.91 Å².